The molecule has 1 aliphatic rings. The normalized spacial score (nSPS) is 15.0. The molecule has 1 aromatic carbocycles. The number of nitrogens with zero attached hydrogens (tertiary/aromatic N) is 2. The number of rotatable bonds is 5. The van der Waals surface area contributed by atoms with Crippen LogP contribution in [0, 0.1) is 0 Å². The molecular formula is C15H18N2O3S. The minimum atomic E-state index is -0.104. The number of ether oxygens (including phenoxy) is 2. The number of methoxy groups -OCH3 is 1. The maximum absolute atomic E-state index is 11.4. The summed E-state index contributed by atoms with van der Waals surface area (Å²) in [6.45, 7) is 3.41. The number of hydrogen-bond acceptors (Lipinski definition) is 6. The van der Waals surface area contributed by atoms with Crippen molar-refractivity contribution in [1.29, 1.82) is 0 Å². The van der Waals surface area contributed by atoms with Crippen molar-refractivity contribution in [3.8, 4) is 5.75 Å². The van der Waals surface area contributed by atoms with Gasteiger partial charge in [-0.1, -0.05) is 24.3 Å². The molecule has 0 amide bonds. The van der Waals surface area contributed by atoms with Crippen molar-refractivity contribution in [2.24, 2.45) is 0 Å². The van der Waals surface area contributed by atoms with Crippen molar-refractivity contribution in [2.45, 2.75) is 25.9 Å². The van der Waals surface area contributed by atoms with Crippen molar-refractivity contribution in [1.82, 2.24) is 4.98 Å². The van der Waals surface area contributed by atoms with Gasteiger partial charge in [-0.3, -0.25) is 4.79 Å². The van der Waals surface area contributed by atoms with Gasteiger partial charge in [-0.05, 0) is 18.6 Å². The van der Waals surface area contributed by atoms with Crippen LogP contribution in [0.2, 0.25) is 0 Å². The van der Waals surface area contributed by atoms with Crippen LogP contribution in [0.25, 0.3) is 10.2 Å². The van der Waals surface area contributed by atoms with E-state index >= 15 is 0 Å². The maximum atomic E-state index is 11.4. The first-order chi connectivity index (χ1) is 10.2. The highest BCUT2D eigenvalue weighted by Gasteiger charge is 2.32. The van der Waals surface area contributed by atoms with E-state index in [1.165, 1.54) is 0 Å². The Bertz CT molecular complexity index is 649. The van der Waals surface area contributed by atoms with Crippen molar-refractivity contribution in [3.05, 3.63) is 18.2 Å². The molecule has 21 heavy (non-hydrogen) atoms. The highest BCUT2D eigenvalue weighted by Crippen LogP contribution is 2.35. The Hall–Kier alpha value is -1.82. The van der Waals surface area contributed by atoms with Gasteiger partial charge in [0.05, 0.1) is 24.9 Å². The third kappa shape index (κ3) is 2.81. The number of para-hydroxylation sites is 1. The Balaban J connectivity index is 1.66. The molecule has 3 rings (SSSR count). The number of benzene rings is 1. The molecule has 6 heteroatoms. The number of anilines is 1. The van der Waals surface area contributed by atoms with E-state index in [0.717, 1.165) is 40.6 Å². The monoisotopic (exact) mass is 306 g/mol. The third-order valence-corrected chi connectivity index (χ3v) is 4.54. The average molecular weight is 306 g/mol. The molecule has 0 aliphatic carbocycles. The van der Waals surface area contributed by atoms with Gasteiger partial charge in [-0.2, -0.15) is 0 Å². The fraction of sp³-hybridized carbons (Fsp3) is 0.467. The van der Waals surface area contributed by atoms with Crippen molar-refractivity contribution >= 4 is 32.7 Å². The number of aromatic nitrogens is 1. The fourth-order valence-electron chi connectivity index (χ4n) is 2.33. The molecule has 0 spiro atoms. The van der Waals surface area contributed by atoms with Crippen LogP contribution in [0.15, 0.2) is 18.2 Å². The predicted octanol–water partition coefficient (Wildman–Crippen LogP) is 2.84. The molecule has 1 fully saturated rings. The van der Waals surface area contributed by atoms with Gasteiger partial charge in [0, 0.05) is 6.42 Å². The highest BCUT2D eigenvalue weighted by atomic mass is 32.1. The Labute approximate surface area is 127 Å². The molecule has 0 atom stereocenters. The smallest absolute Gasteiger partial charge is 0.306 e. The van der Waals surface area contributed by atoms with Crippen LogP contribution in [0.4, 0.5) is 5.13 Å². The Kier molecular flexibility index (Phi) is 3.96. The number of thiazole rings is 1. The first-order valence-corrected chi connectivity index (χ1v) is 7.91. The molecule has 1 saturated heterocycles. The van der Waals surface area contributed by atoms with Gasteiger partial charge in [0.2, 0.25) is 0 Å². The van der Waals surface area contributed by atoms with Gasteiger partial charge in [0.25, 0.3) is 0 Å². The van der Waals surface area contributed by atoms with Gasteiger partial charge in [-0.25, -0.2) is 4.98 Å². The molecule has 0 N–H and O–H groups in total. The number of esters is 1. The minimum Gasteiger partial charge on any atom is -0.494 e. The molecule has 5 nitrogen and oxygen atoms in total. The number of carbonyl (C=O) groups is 1. The van der Waals surface area contributed by atoms with Gasteiger partial charge in [0.1, 0.15) is 17.4 Å². The van der Waals surface area contributed by atoms with E-state index in [0.29, 0.717) is 6.42 Å². The maximum Gasteiger partial charge on any atom is 0.306 e. The SMILES string of the molecule is CCCC(=O)OC1CN(c2nc3c(OC)cccc3s2)C1. The summed E-state index contributed by atoms with van der Waals surface area (Å²) in [5.41, 5.74) is 0.895. The fourth-order valence-corrected chi connectivity index (χ4v) is 3.33. The van der Waals surface area contributed by atoms with Crippen LogP contribution in [0.3, 0.4) is 0 Å². The Morgan fingerprint density at radius 1 is 1.48 bits per heavy atom. The zero-order valence-corrected chi connectivity index (χ0v) is 13.0. The lowest BCUT2D eigenvalue weighted by atomic mass is 10.2. The Morgan fingerprint density at radius 3 is 3.00 bits per heavy atom. The second-order valence-corrected chi connectivity index (χ2v) is 6.08. The van der Waals surface area contributed by atoms with Gasteiger partial charge in [0.15, 0.2) is 5.13 Å². The van der Waals surface area contributed by atoms with Crippen LogP contribution < -0.4 is 9.64 Å². The number of hydrogen-bond donors (Lipinski definition) is 0. The van der Waals surface area contributed by atoms with Crippen LogP contribution in [0.5, 0.6) is 5.75 Å². The molecule has 0 unspecified atom stereocenters. The molecule has 1 aliphatic heterocycles. The molecule has 0 radical (unpaired) electrons. The summed E-state index contributed by atoms with van der Waals surface area (Å²) < 4.78 is 11.8. The van der Waals surface area contributed by atoms with Crippen LogP contribution in [-0.4, -0.2) is 37.3 Å². The van der Waals surface area contributed by atoms with E-state index < -0.39 is 0 Å². The van der Waals surface area contributed by atoms with Crippen LogP contribution in [-0.2, 0) is 9.53 Å². The molecule has 112 valence electrons. The summed E-state index contributed by atoms with van der Waals surface area (Å²) in [4.78, 5) is 18.2. The third-order valence-electron chi connectivity index (χ3n) is 3.46. The molecular weight excluding hydrogens is 288 g/mol. The molecule has 0 saturated carbocycles. The van der Waals surface area contributed by atoms with Crippen LogP contribution >= 0.6 is 11.3 Å². The zero-order chi connectivity index (χ0) is 14.8. The van der Waals surface area contributed by atoms with E-state index in [1.54, 1.807) is 18.4 Å². The largest absolute Gasteiger partial charge is 0.494 e. The summed E-state index contributed by atoms with van der Waals surface area (Å²) in [6.07, 6.45) is 1.32. The van der Waals surface area contributed by atoms with Gasteiger partial charge in [-0.15, -0.1) is 0 Å². The van der Waals surface area contributed by atoms with E-state index in [4.69, 9.17) is 9.47 Å². The van der Waals surface area contributed by atoms with E-state index in [1.807, 2.05) is 25.1 Å². The van der Waals surface area contributed by atoms with Gasteiger partial charge >= 0.3 is 5.97 Å². The average Bonchev–Trinajstić information content (AvgIpc) is 2.85. The lowest BCUT2D eigenvalue weighted by Gasteiger charge is -2.38. The molecule has 2 aromatic rings. The zero-order valence-electron chi connectivity index (χ0n) is 12.2. The lowest BCUT2D eigenvalue weighted by molar-refractivity contribution is -0.150. The van der Waals surface area contributed by atoms with E-state index in [2.05, 4.69) is 9.88 Å². The second kappa shape index (κ2) is 5.89. The van der Waals surface area contributed by atoms with Crippen molar-refractivity contribution in [3.63, 3.8) is 0 Å². The molecule has 2 heterocycles. The predicted molar refractivity (Wildman–Crippen MR) is 83.2 cm³/mol. The van der Waals surface area contributed by atoms with E-state index in [-0.39, 0.29) is 12.1 Å². The summed E-state index contributed by atoms with van der Waals surface area (Å²) >= 11 is 1.64. The Morgan fingerprint density at radius 2 is 2.29 bits per heavy atom. The minimum absolute atomic E-state index is 0.00189. The highest BCUT2D eigenvalue weighted by molar-refractivity contribution is 7.22. The topological polar surface area (TPSA) is 51.7 Å². The summed E-state index contributed by atoms with van der Waals surface area (Å²) in [5, 5.41) is 0.956. The first kappa shape index (κ1) is 14.1. The van der Waals surface area contributed by atoms with E-state index in [9.17, 15) is 4.79 Å². The summed E-state index contributed by atoms with van der Waals surface area (Å²) in [5.74, 6) is 0.689. The quantitative estimate of drug-likeness (QED) is 0.795. The standard InChI is InChI=1S/C15H18N2O3S/c1-3-5-13(18)20-10-8-17(9-10)15-16-14-11(19-2)6-4-7-12(14)21-15/h4,6-7,10H,3,5,8-9H2,1-2H3. The molecule has 1 aromatic heterocycles. The first-order valence-electron chi connectivity index (χ1n) is 7.09. The van der Waals surface area contributed by atoms with Crippen LogP contribution in [0.1, 0.15) is 19.8 Å². The second-order valence-electron chi connectivity index (χ2n) is 5.07. The van der Waals surface area contributed by atoms with Crippen molar-refractivity contribution in [2.75, 3.05) is 25.1 Å². The molecule has 0 bridgehead atoms. The van der Waals surface area contributed by atoms with Gasteiger partial charge < -0.3 is 14.4 Å². The number of fused-ring (bicyclic) bond motifs is 1. The van der Waals surface area contributed by atoms with Crippen molar-refractivity contribution < 1.29 is 14.3 Å². The summed E-state index contributed by atoms with van der Waals surface area (Å²) in [6, 6.07) is 5.92. The lowest BCUT2D eigenvalue weighted by Crippen LogP contribution is -2.53. The summed E-state index contributed by atoms with van der Waals surface area (Å²) in [7, 11) is 1.65. The number of carbonyl (C=O) groups excluding carboxylic acids is 1.